The molecule has 2 nitrogen and oxygen atoms in total. The number of furan rings is 1. The lowest BCUT2D eigenvalue weighted by Crippen LogP contribution is -2.24. The van der Waals surface area contributed by atoms with Crippen LogP contribution in [0.1, 0.15) is 68.6 Å². The summed E-state index contributed by atoms with van der Waals surface area (Å²) in [6.07, 6.45) is 8.38. The van der Waals surface area contributed by atoms with Gasteiger partial charge in [-0.2, -0.15) is 0 Å². The van der Waals surface area contributed by atoms with Gasteiger partial charge in [-0.25, -0.2) is 0 Å². The van der Waals surface area contributed by atoms with Crippen LogP contribution in [0.2, 0.25) is 0 Å². The minimum Gasteiger partial charge on any atom is -0.466 e. The Morgan fingerprint density at radius 2 is 2.00 bits per heavy atom. The summed E-state index contributed by atoms with van der Waals surface area (Å²) in [6, 6.07) is 2.70. The molecule has 18 heavy (non-hydrogen) atoms. The molecule has 0 bridgehead atoms. The Balaban J connectivity index is 2.04. The summed E-state index contributed by atoms with van der Waals surface area (Å²) in [5.74, 6) is 3.03. The van der Waals surface area contributed by atoms with Crippen molar-refractivity contribution >= 4 is 0 Å². The first-order valence-electron chi connectivity index (χ1n) is 7.51. The zero-order valence-electron chi connectivity index (χ0n) is 12.1. The quantitative estimate of drug-likeness (QED) is 0.830. The molecule has 1 atom stereocenters. The Morgan fingerprint density at radius 1 is 1.28 bits per heavy atom. The Hall–Kier alpha value is -0.760. The highest BCUT2D eigenvalue weighted by Gasteiger charge is 2.22. The highest BCUT2D eigenvalue weighted by atomic mass is 16.3. The second-order valence-corrected chi connectivity index (χ2v) is 5.72. The standard InChI is InChI=1S/C16H27NO/c1-4-17-16(11-14-8-6-5-7-9-14)15-10-12(2)18-13(15)3/h10,14,16-17H,4-9,11H2,1-3H3. The second kappa shape index (κ2) is 6.42. The van der Waals surface area contributed by atoms with Crippen molar-refractivity contribution < 1.29 is 4.42 Å². The maximum Gasteiger partial charge on any atom is 0.105 e. The van der Waals surface area contributed by atoms with E-state index in [9.17, 15) is 0 Å². The van der Waals surface area contributed by atoms with Crippen LogP contribution in [0.15, 0.2) is 10.5 Å². The Bertz CT molecular complexity index is 363. The van der Waals surface area contributed by atoms with E-state index in [0.29, 0.717) is 6.04 Å². The zero-order chi connectivity index (χ0) is 13.0. The summed E-state index contributed by atoms with van der Waals surface area (Å²) in [7, 11) is 0. The van der Waals surface area contributed by atoms with Gasteiger partial charge in [-0.1, -0.05) is 39.0 Å². The van der Waals surface area contributed by atoms with E-state index in [4.69, 9.17) is 4.42 Å². The minimum atomic E-state index is 0.482. The third kappa shape index (κ3) is 3.38. The molecule has 0 radical (unpaired) electrons. The van der Waals surface area contributed by atoms with Gasteiger partial charge in [0.15, 0.2) is 0 Å². The van der Waals surface area contributed by atoms with Crippen LogP contribution in [-0.4, -0.2) is 6.54 Å². The van der Waals surface area contributed by atoms with Gasteiger partial charge >= 0.3 is 0 Å². The van der Waals surface area contributed by atoms with Gasteiger partial charge in [0.2, 0.25) is 0 Å². The Kier molecular flexibility index (Phi) is 4.87. The normalized spacial score (nSPS) is 19.1. The van der Waals surface area contributed by atoms with E-state index in [0.717, 1.165) is 24.0 Å². The average molecular weight is 249 g/mol. The molecule has 1 aromatic heterocycles. The van der Waals surface area contributed by atoms with E-state index in [1.54, 1.807) is 0 Å². The van der Waals surface area contributed by atoms with Crippen LogP contribution in [0.3, 0.4) is 0 Å². The van der Waals surface area contributed by atoms with Crippen LogP contribution in [-0.2, 0) is 0 Å². The molecule has 1 unspecified atom stereocenters. The molecule has 2 rings (SSSR count). The van der Waals surface area contributed by atoms with Crippen molar-refractivity contribution in [1.82, 2.24) is 5.32 Å². The van der Waals surface area contributed by atoms with Crippen molar-refractivity contribution in [2.45, 2.75) is 65.3 Å². The molecule has 1 saturated carbocycles. The Labute approximate surface area is 111 Å². The summed E-state index contributed by atoms with van der Waals surface area (Å²) in [5, 5.41) is 3.64. The van der Waals surface area contributed by atoms with Crippen LogP contribution < -0.4 is 5.32 Å². The maximum absolute atomic E-state index is 5.69. The average Bonchev–Trinajstić information content (AvgIpc) is 2.69. The first kappa shape index (κ1) is 13.7. The van der Waals surface area contributed by atoms with E-state index in [2.05, 4.69) is 25.2 Å². The summed E-state index contributed by atoms with van der Waals surface area (Å²) in [4.78, 5) is 0. The lowest BCUT2D eigenvalue weighted by molar-refractivity contribution is 0.300. The van der Waals surface area contributed by atoms with Gasteiger partial charge in [-0.15, -0.1) is 0 Å². The lowest BCUT2D eigenvalue weighted by atomic mass is 9.83. The van der Waals surface area contributed by atoms with Crippen molar-refractivity contribution in [3.8, 4) is 0 Å². The molecule has 1 aromatic rings. The molecular weight excluding hydrogens is 222 g/mol. The van der Waals surface area contributed by atoms with Gasteiger partial charge in [0.25, 0.3) is 0 Å². The maximum atomic E-state index is 5.69. The molecule has 1 heterocycles. The van der Waals surface area contributed by atoms with Crippen LogP contribution in [0.5, 0.6) is 0 Å². The molecule has 1 fully saturated rings. The number of aryl methyl sites for hydroxylation is 2. The lowest BCUT2D eigenvalue weighted by Gasteiger charge is -2.27. The molecule has 0 aromatic carbocycles. The van der Waals surface area contributed by atoms with E-state index < -0.39 is 0 Å². The van der Waals surface area contributed by atoms with Crippen molar-refractivity contribution in [3.05, 3.63) is 23.2 Å². The van der Waals surface area contributed by atoms with Crippen LogP contribution in [0.4, 0.5) is 0 Å². The SMILES string of the molecule is CCNC(CC1CCCCC1)c1cc(C)oc1C. The summed E-state index contributed by atoms with van der Waals surface area (Å²) in [5.41, 5.74) is 1.37. The monoisotopic (exact) mass is 249 g/mol. The predicted octanol–water partition coefficient (Wildman–Crippen LogP) is 4.52. The topological polar surface area (TPSA) is 25.2 Å². The van der Waals surface area contributed by atoms with Gasteiger partial charge in [-0.05, 0) is 38.8 Å². The van der Waals surface area contributed by atoms with Crippen LogP contribution in [0.25, 0.3) is 0 Å². The molecule has 1 aliphatic rings. The van der Waals surface area contributed by atoms with E-state index >= 15 is 0 Å². The third-order valence-electron chi connectivity index (χ3n) is 4.20. The van der Waals surface area contributed by atoms with E-state index in [1.165, 1.54) is 44.1 Å². The van der Waals surface area contributed by atoms with Crippen LogP contribution in [0, 0.1) is 19.8 Å². The number of nitrogens with one attached hydrogen (secondary N) is 1. The van der Waals surface area contributed by atoms with E-state index in [1.807, 2.05) is 6.92 Å². The summed E-state index contributed by atoms with van der Waals surface area (Å²) < 4.78 is 5.69. The highest BCUT2D eigenvalue weighted by Crippen LogP contribution is 2.33. The molecule has 2 heteroatoms. The van der Waals surface area contributed by atoms with Crippen molar-refractivity contribution in [2.75, 3.05) is 6.54 Å². The van der Waals surface area contributed by atoms with Gasteiger partial charge in [0.05, 0.1) is 0 Å². The fourth-order valence-corrected chi connectivity index (χ4v) is 3.32. The minimum absolute atomic E-state index is 0.482. The summed E-state index contributed by atoms with van der Waals surface area (Å²) in [6.45, 7) is 7.35. The molecule has 0 spiro atoms. The van der Waals surface area contributed by atoms with Gasteiger partial charge < -0.3 is 9.73 Å². The fourth-order valence-electron chi connectivity index (χ4n) is 3.32. The van der Waals surface area contributed by atoms with Crippen LogP contribution >= 0.6 is 0 Å². The van der Waals surface area contributed by atoms with Crippen molar-refractivity contribution in [3.63, 3.8) is 0 Å². The second-order valence-electron chi connectivity index (χ2n) is 5.72. The van der Waals surface area contributed by atoms with Gasteiger partial charge in [0, 0.05) is 11.6 Å². The Morgan fingerprint density at radius 3 is 2.56 bits per heavy atom. The smallest absolute Gasteiger partial charge is 0.105 e. The molecule has 0 saturated heterocycles. The molecule has 1 N–H and O–H groups in total. The number of hydrogen-bond donors (Lipinski definition) is 1. The largest absolute Gasteiger partial charge is 0.466 e. The van der Waals surface area contributed by atoms with Gasteiger partial charge in [-0.3, -0.25) is 0 Å². The first-order valence-corrected chi connectivity index (χ1v) is 7.51. The predicted molar refractivity (Wildman–Crippen MR) is 75.8 cm³/mol. The first-order chi connectivity index (χ1) is 8.70. The fraction of sp³-hybridized carbons (Fsp3) is 0.750. The zero-order valence-corrected chi connectivity index (χ0v) is 12.1. The number of rotatable bonds is 5. The third-order valence-corrected chi connectivity index (χ3v) is 4.20. The summed E-state index contributed by atoms with van der Waals surface area (Å²) >= 11 is 0. The number of hydrogen-bond acceptors (Lipinski definition) is 2. The highest BCUT2D eigenvalue weighted by molar-refractivity contribution is 5.24. The molecule has 0 aliphatic heterocycles. The molecule has 0 amide bonds. The molecular formula is C16H27NO. The molecule has 102 valence electrons. The van der Waals surface area contributed by atoms with Gasteiger partial charge in [0.1, 0.15) is 11.5 Å². The van der Waals surface area contributed by atoms with E-state index in [-0.39, 0.29) is 0 Å². The van der Waals surface area contributed by atoms with Crippen molar-refractivity contribution in [2.24, 2.45) is 5.92 Å². The molecule has 1 aliphatic carbocycles. The van der Waals surface area contributed by atoms with Crippen molar-refractivity contribution in [1.29, 1.82) is 0 Å².